The number of nitrogens with two attached hydrogens (primary N) is 1. The number of nitrogens with one attached hydrogen (secondary N) is 1. The van der Waals surface area contributed by atoms with Crippen molar-refractivity contribution in [2.45, 2.75) is 16.8 Å². The molecule has 3 unspecified atom stereocenters. The summed E-state index contributed by atoms with van der Waals surface area (Å²) in [6.45, 7) is 0.461. The van der Waals surface area contributed by atoms with Gasteiger partial charge in [-0.1, -0.05) is 42.1 Å². The van der Waals surface area contributed by atoms with Crippen molar-refractivity contribution in [3.8, 4) is 17.2 Å². The Morgan fingerprint density at radius 1 is 1.10 bits per heavy atom. The van der Waals surface area contributed by atoms with E-state index in [-0.39, 0.29) is 11.3 Å². The predicted molar refractivity (Wildman–Crippen MR) is 118 cm³/mol. The topological polar surface area (TPSA) is 102 Å². The van der Waals surface area contributed by atoms with Gasteiger partial charge < -0.3 is 29.6 Å². The van der Waals surface area contributed by atoms with Gasteiger partial charge in [-0.05, 0) is 5.56 Å². The lowest BCUT2D eigenvalue weighted by Gasteiger charge is -2.24. The number of anilines is 1. The van der Waals surface area contributed by atoms with E-state index in [0.29, 0.717) is 41.3 Å². The number of amidine groups is 1. The number of methoxy groups -OCH3 is 3. The van der Waals surface area contributed by atoms with E-state index in [4.69, 9.17) is 35.1 Å². The fraction of sp³-hybridized carbons (Fsp3) is 0.333. The highest BCUT2D eigenvalue weighted by atomic mass is 32.2. The maximum atomic E-state index is 8.77. The van der Waals surface area contributed by atoms with Crippen LogP contribution >= 0.6 is 11.8 Å². The van der Waals surface area contributed by atoms with Gasteiger partial charge in [0.05, 0.1) is 27.0 Å². The van der Waals surface area contributed by atoms with Crippen LogP contribution in [0.4, 0.5) is 5.69 Å². The van der Waals surface area contributed by atoms with Gasteiger partial charge in [-0.15, -0.1) is 0 Å². The molecule has 1 saturated heterocycles. The molecule has 0 spiro atoms. The maximum absolute atomic E-state index is 8.77. The Morgan fingerprint density at radius 3 is 2.37 bits per heavy atom. The Hall–Kier alpha value is -2.91. The molecular formula is C21H24N4O4S. The van der Waals surface area contributed by atoms with Crippen LogP contribution < -0.4 is 24.8 Å². The van der Waals surface area contributed by atoms with Crippen molar-refractivity contribution in [2.24, 2.45) is 10.7 Å². The van der Waals surface area contributed by atoms with Crippen LogP contribution in [0, 0.1) is 5.41 Å². The van der Waals surface area contributed by atoms with Crippen molar-refractivity contribution in [1.29, 1.82) is 5.41 Å². The third-order valence-electron chi connectivity index (χ3n) is 5.05. The van der Waals surface area contributed by atoms with Gasteiger partial charge >= 0.3 is 0 Å². The Balaban J connectivity index is 1.62. The summed E-state index contributed by atoms with van der Waals surface area (Å²) in [5.41, 5.74) is 7.67. The molecular weight excluding hydrogens is 404 g/mol. The molecule has 0 aromatic heterocycles. The highest BCUT2D eigenvalue weighted by Gasteiger charge is 2.42. The zero-order valence-electron chi connectivity index (χ0n) is 17.0. The highest BCUT2D eigenvalue weighted by molar-refractivity contribution is 8.02. The number of nitrogens with zero attached hydrogens (tertiary/aromatic N) is 2. The Labute approximate surface area is 179 Å². The van der Waals surface area contributed by atoms with E-state index in [1.807, 2.05) is 30.3 Å². The Morgan fingerprint density at radius 2 is 1.77 bits per heavy atom. The molecule has 0 saturated carbocycles. The second kappa shape index (κ2) is 8.45. The lowest BCUT2D eigenvalue weighted by molar-refractivity contribution is 0.315. The molecule has 1 fully saturated rings. The predicted octanol–water partition coefficient (Wildman–Crippen LogP) is 3.02. The van der Waals surface area contributed by atoms with Gasteiger partial charge in [-0.2, -0.15) is 0 Å². The average molecular weight is 429 g/mol. The van der Waals surface area contributed by atoms with Crippen LogP contribution in [-0.4, -0.2) is 50.4 Å². The van der Waals surface area contributed by atoms with Crippen molar-refractivity contribution in [3.05, 3.63) is 48.0 Å². The number of ether oxygens (including phenoxy) is 4. The number of rotatable bonds is 6. The van der Waals surface area contributed by atoms with Crippen LogP contribution in [0.15, 0.2) is 47.5 Å². The van der Waals surface area contributed by atoms with Gasteiger partial charge in [0.15, 0.2) is 11.5 Å². The summed E-state index contributed by atoms with van der Waals surface area (Å²) < 4.78 is 22.1. The first-order valence-electron chi connectivity index (χ1n) is 9.41. The van der Waals surface area contributed by atoms with Gasteiger partial charge in [0, 0.05) is 12.1 Å². The third-order valence-corrected chi connectivity index (χ3v) is 6.23. The first-order valence-corrected chi connectivity index (χ1v) is 10.4. The minimum Gasteiger partial charge on any atom is -0.493 e. The average Bonchev–Trinajstić information content (AvgIpc) is 3.37. The Bertz CT molecular complexity index is 944. The molecule has 2 aliphatic heterocycles. The van der Waals surface area contributed by atoms with E-state index in [1.165, 1.54) is 11.8 Å². The van der Waals surface area contributed by atoms with Gasteiger partial charge in [-0.25, -0.2) is 4.99 Å². The lowest BCUT2D eigenvalue weighted by Crippen LogP contribution is -2.40. The summed E-state index contributed by atoms with van der Waals surface area (Å²) in [5, 5.41) is 8.39. The summed E-state index contributed by atoms with van der Waals surface area (Å²) in [7, 11) is 4.66. The smallest absolute Gasteiger partial charge is 0.205 e. The molecule has 0 bridgehead atoms. The molecule has 158 valence electrons. The molecule has 9 heteroatoms. The number of benzene rings is 2. The van der Waals surface area contributed by atoms with Crippen LogP contribution in [0.25, 0.3) is 0 Å². The summed E-state index contributed by atoms with van der Waals surface area (Å²) in [5.74, 6) is 2.32. The highest BCUT2D eigenvalue weighted by Crippen LogP contribution is 2.44. The van der Waals surface area contributed by atoms with E-state index in [2.05, 4.69) is 0 Å². The number of aliphatic imine (C=N–C) groups is 1. The van der Waals surface area contributed by atoms with Gasteiger partial charge in [0.2, 0.25) is 11.6 Å². The van der Waals surface area contributed by atoms with Crippen molar-refractivity contribution < 1.29 is 18.9 Å². The molecule has 0 amide bonds. The molecule has 3 atom stereocenters. The number of thioether (sulfide) groups is 1. The first-order chi connectivity index (χ1) is 14.6. The molecule has 2 heterocycles. The number of hydrogen-bond donors (Lipinski definition) is 2. The normalized spacial score (nSPS) is 23.2. The summed E-state index contributed by atoms with van der Waals surface area (Å²) in [6, 6.07) is 13.5. The van der Waals surface area contributed by atoms with Crippen LogP contribution in [0.1, 0.15) is 11.6 Å². The maximum Gasteiger partial charge on any atom is 0.205 e. The fourth-order valence-corrected chi connectivity index (χ4v) is 4.70. The first kappa shape index (κ1) is 20.4. The van der Waals surface area contributed by atoms with Gasteiger partial charge in [0.25, 0.3) is 0 Å². The van der Waals surface area contributed by atoms with E-state index in [1.54, 1.807) is 38.4 Å². The second-order valence-corrected chi connectivity index (χ2v) is 7.98. The molecule has 0 radical (unpaired) electrons. The molecule has 30 heavy (non-hydrogen) atoms. The molecule has 8 nitrogen and oxygen atoms in total. The molecule has 0 aliphatic carbocycles. The molecule has 3 N–H and O–H groups in total. The largest absolute Gasteiger partial charge is 0.493 e. The van der Waals surface area contributed by atoms with Crippen LogP contribution in [0.2, 0.25) is 0 Å². The van der Waals surface area contributed by atoms with E-state index in [9.17, 15) is 0 Å². The lowest BCUT2D eigenvalue weighted by atomic mass is 10.1. The van der Waals surface area contributed by atoms with Crippen LogP contribution in [-0.2, 0) is 4.74 Å². The van der Waals surface area contributed by atoms with Crippen molar-refractivity contribution in [2.75, 3.05) is 32.8 Å². The minimum absolute atomic E-state index is 0.0685. The van der Waals surface area contributed by atoms with E-state index >= 15 is 0 Å². The second-order valence-electron chi connectivity index (χ2n) is 6.75. The summed E-state index contributed by atoms with van der Waals surface area (Å²) in [6.07, 6.45) is 0. The molecule has 2 aromatic carbocycles. The third kappa shape index (κ3) is 3.54. The zero-order chi connectivity index (χ0) is 21.3. The van der Waals surface area contributed by atoms with Crippen molar-refractivity contribution in [3.63, 3.8) is 0 Å². The van der Waals surface area contributed by atoms with Crippen molar-refractivity contribution >= 4 is 29.2 Å². The van der Waals surface area contributed by atoms with Crippen LogP contribution in [0.3, 0.4) is 0 Å². The summed E-state index contributed by atoms with van der Waals surface area (Å²) in [4.78, 5) is 6.45. The number of hydrogen-bond acceptors (Lipinski definition) is 8. The standard InChI is InChI=1S/C21H24N4O4S/c1-26-15-9-13(10-16(27-2)17(15)28-3)25-19(22)18(30-21(25)23)20-24-14(11-29-20)12-7-5-4-6-8-12/h4-10,14,18,21-22H,11,23H2,1-3H3. The minimum atomic E-state index is -0.479. The van der Waals surface area contributed by atoms with E-state index < -0.39 is 5.50 Å². The summed E-state index contributed by atoms with van der Waals surface area (Å²) >= 11 is 1.42. The molecule has 4 rings (SSSR count). The van der Waals surface area contributed by atoms with Crippen molar-refractivity contribution in [1.82, 2.24) is 0 Å². The quantitative estimate of drug-likeness (QED) is 0.729. The monoisotopic (exact) mass is 428 g/mol. The van der Waals surface area contributed by atoms with Crippen LogP contribution in [0.5, 0.6) is 17.2 Å². The van der Waals surface area contributed by atoms with Gasteiger partial charge in [0.1, 0.15) is 29.2 Å². The Kier molecular flexibility index (Phi) is 5.74. The zero-order valence-corrected chi connectivity index (χ0v) is 17.8. The molecule has 2 aliphatic rings. The SMILES string of the molecule is COc1cc(N2C(=N)C(C3=NC(c4ccccc4)CO3)SC2N)cc(OC)c1OC. The van der Waals surface area contributed by atoms with Gasteiger partial charge in [-0.3, -0.25) is 5.41 Å². The fourth-order valence-electron chi connectivity index (χ4n) is 3.58. The van der Waals surface area contributed by atoms with E-state index in [0.717, 1.165) is 5.56 Å². The molecule has 2 aromatic rings.